The number of aryl methyl sites for hydroxylation is 1. The number of benzene rings is 3. The van der Waals surface area contributed by atoms with E-state index in [1.807, 2.05) is 13.0 Å². The van der Waals surface area contributed by atoms with Crippen molar-refractivity contribution >= 4 is 46.6 Å². The minimum Gasteiger partial charge on any atom is -0.490 e. The van der Waals surface area contributed by atoms with Crippen molar-refractivity contribution in [2.75, 3.05) is 11.9 Å². The molecule has 0 fully saturated rings. The van der Waals surface area contributed by atoms with E-state index < -0.39 is 10.8 Å². The van der Waals surface area contributed by atoms with E-state index in [2.05, 4.69) is 5.32 Å². The number of anilines is 1. The van der Waals surface area contributed by atoms with Crippen LogP contribution in [0.4, 0.5) is 11.4 Å². The van der Waals surface area contributed by atoms with E-state index in [-0.39, 0.29) is 28.6 Å². The molecule has 0 atom stereocenters. The standard InChI is InChI=1S/C26H21Cl2N3O5/c1-3-35-24-12-18(10-19(14-29)26(32)30-23-13-20(27)7-4-16(23)2)11-22(28)25(24)36-15-17-5-8-21(9-6-17)31(33)34/h4-13H,3,15H2,1-2H3,(H,30,32)/b19-10+. The van der Waals surface area contributed by atoms with Gasteiger partial charge in [-0.05, 0) is 73.0 Å². The fourth-order valence-corrected chi connectivity index (χ4v) is 3.62. The van der Waals surface area contributed by atoms with Gasteiger partial charge in [0.1, 0.15) is 18.2 Å². The lowest BCUT2D eigenvalue weighted by Gasteiger charge is -2.15. The Morgan fingerprint density at radius 1 is 1.14 bits per heavy atom. The molecular formula is C26H21Cl2N3O5. The van der Waals surface area contributed by atoms with Crippen LogP contribution < -0.4 is 14.8 Å². The number of nitrogens with zero attached hydrogens (tertiary/aromatic N) is 2. The molecule has 0 aliphatic heterocycles. The average molecular weight is 526 g/mol. The van der Waals surface area contributed by atoms with Gasteiger partial charge in [-0.15, -0.1) is 0 Å². The molecular weight excluding hydrogens is 505 g/mol. The summed E-state index contributed by atoms with van der Waals surface area (Å²) < 4.78 is 11.5. The number of halogens is 2. The molecule has 3 aromatic rings. The molecule has 0 aliphatic carbocycles. The fraction of sp³-hybridized carbons (Fsp3) is 0.154. The normalized spacial score (nSPS) is 10.9. The van der Waals surface area contributed by atoms with Crippen LogP contribution in [0.25, 0.3) is 6.08 Å². The van der Waals surface area contributed by atoms with Gasteiger partial charge in [-0.3, -0.25) is 14.9 Å². The Bertz CT molecular complexity index is 1370. The smallest absolute Gasteiger partial charge is 0.269 e. The predicted molar refractivity (Wildman–Crippen MR) is 138 cm³/mol. The molecule has 0 saturated carbocycles. The SMILES string of the molecule is CCOc1cc(/C=C(\C#N)C(=O)Nc2cc(Cl)ccc2C)cc(Cl)c1OCc1ccc([N+](=O)[O-])cc1. The second kappa shape index (κ2) is 12.1. The number of hydrogen-bond donors (Lipinski definition) is 1. The third-order valence-corrected chi connectivity index (χ3v) is 5.50. The first-order chi connectivity index (χ1) is 17.2. The van der Waals surface area contributed by atoms with Gasteiger partial charge in [-0.2, -0.15) is 5.26 Å². The van der Waals surface area contributed by atoms with Crippen LogP contribution in [0.15, 0.2) is 60.2 Å². The van der Waals surface area contributed by atoms with E-state index >= 15 is 0 Å². The summed E-state index contributed by atoms with van der Waals surface area (Å²) in [6, 6.07) is 16.1. The summed E-state index contributed by atoms with van der Waals surface area (Å²) >= 11 is 12.5. The van der Waals surface area contributed by atoms with E-state index in [4.69, 9.17) is 32.7 Å². The molecule has 184 valence electrons. The number of amides is 1. The van der Waals surface area contributed by atoms with Gasteiger partial charge in [-0.25, -0.2) is 0 Å². The number of hydrogen-bond acceptors (Lipinski definition) is 6. The van der Waals surface area contributed by atoms with Crippen molar-refractivity contribution in [1.82, 2.24) is 0 Å². The van der Waals surface area contributed by atoms with Crippen LogP contribution in [0.2, 0.25) is 10.0 Å². The van der Waals surface area contributed by atoms with E-state index in [1.165, 1.54) is 18.2 Å². The molecule has 10 heteroatoms. The monoisotopic (exact) mass is 525 g/mol. The number of nitriles is 1. The molecule has 0 aliphatic rings. The Balaban J connectivity index is 1.84. The molecule has 1 amide bonds. The number of carbonyl (C=O) groups excluding carboxylic acids is 1. The first kappa shape index (κ1) is 26.5. The van der Waals surface area contributed by atoms with Crippen LogP contribution in [0.5, 0.6) is 11.5 Å². The maximum absolute atomic E-state index is 12.7. The van der Waals surface area contributed by atoms with Crippen molar-refractivity contribution in [3.63, 3.8) is 0 Å². The molecule has 0 bridgehead atoms. The van der Waals surface area contributed by atoms with Gasteiger partial charge in [0.2, 0.25) is 0 Å². The Morgan fingerprint density at radius 2 is 1.86 bits per heavy atom. The molecule has 36 heavy (non-hydrogen) atoms. The average Bonchev–Trinajstić information content (AvgIpc) is 2.84. The molecule has 3 rings (SSSR count). The van der Waals surface area contributed by atoms with E-state index in [0.29, 0.717) is 34.2 Å². The van der Waals surface area contributed by atoms with Crippen molar-refractivity contribution < 1.29 is 19.2 Å². The van der Waals surface area contributed by atoms with Gasteiger partial charge in [0, 0.05) is 22.8 Å². The summed E-state index contributed by atoms with van der Waals surface area (Å²) in [6.07, 6.45) is 1.39. The highest BCUT2D eigenvalue weighted by atomic mass is 35.5. The zero-order valence-corrected chi connectivity index (χ0v) is 20.9. The van der Waals surface area contributed by atoms with Crippen molar-refractivity contribution in [2.45, 2.75) is 20.5 Å². The van der Waals surface area contributed by atoms with E-state index in [1.54, 1.807) is 49.4 Å². The van der Waals surface area contributed by atoms with Gasteiger partial charge in [0.25, 0.3) is 11.6 Å². The summed E-state index contributed by atoms with van der Waals surface area (Å²) in [6.45, 7) is 4.01. The number of non-ortho nitro benzene ring substituents is 1. The quantitative estimate of drug-likeness (QED) is 0.143. The lowest BCUT2D eigenvalue weighted by atomic mass is 10.1. The summed E-state index contributed by atoms with van der Waals surface area (Å²) in [5.74, 6) is -0.0106. The Morgan fingerprint density at radius 3 is 2.50 bits per heavy atom. The number of carbonyl (C=O) groups is 1. The van der Waals surface area contributed by atoms with Crippen LogP contribution in [0.3, 0.4) is 0 Å². The maximum atomic E-state index is 12.7. The van der Waals surface area contributed by atoms with Gasteiger partial charge >= 0.3 is 0 Å². The number of nitrogens with one attached hydrogen (secondary N) is 1. The largest absolute Gasteiger partial charge is 0.490 e. The van der Waals surface area contributed by atoms with Crippen molar-refractivity contribution in [1.29, 1.82) is 5.26 Å². The predicted octanol–water partition coefficient (Wildman–Crippen LogP) is 6.73. The van der Waals surface area contributed by atoms with E-state index in [9.17, 15) is 20.2 Å². The van der Waals surface area contributed by atoms with Gasteiger partial charge in [-0.1, -0.05) is 29.3 Å². The highest BCUT2D eigenvalue weighted by Gasteiger charge is 2.16. The zero-order valence-electron chi connectivity index (χ0n) is 19.4. The highest BCUT2D eigenvalue weighted by molar-refractivity contribution is 6.32. The topological polar surface area (TPSA) is 114 Å². The Labute approximate surface area is 217 Å². The maximum Gasteiger partial charge on any atom is 0.269 e. The molecule has 1 N–H and O–H groups in total. The van der Waals surface area contributed by atoms with Gasteiger partial charge in [0.05, 0.1) is 16.6 Å². The van der Waals surface area contributed by atoms with Crippen LogP contribution in [-0.2, 0) is 11.4 Å². The summed E-state index contributed by atoms with van der Waals surface area (Å²) in [5.41, 5.74) is 2.28. The first-order valence-corrected chi connectivity index (χ1v) is 11.5. The molecule has 8 nitrogen and oxygen atoms in total. The van der Waals surface area contributed by atoms with E-state index in [0.717, 1.165) is 5.56 Å². The van der Waals surface area contributed by atoms with Crippen molar-refractivity contribution in [3.05, 3.63) is 97.0 Å². The number of rotatable bonds is 9. The van der Waals surface area contributed by atoms with Crippen LogP contribution >= 0.6 is 23.2 Å². The lowest BCUT2D eigenvalue weighted by Crippen LogP contribution is -2.14. The third-order valence-electron chi connectivity index (χ3n) is 4.99. The molecule has 0 radical (unpaired) electrons. The summed E-state index contributed by atoms with van der Waals surface area (Å²) in [7, 11) is 0. The summed E-state index contributed by atoms with van der Waals surface area (Å²) in [4.78, 5) is 23.1. The number of ether oxygens (including phenoxy) is 2. The van der Waals surface area contributed by atoms with Gasteiger partial charge in [0.15, 0.2) is 11.5 Å². The van der Waals surface area contributed by atoms with Crippen LogP contribution in [0, 0.1) is 28.4 Å². The first-order valence-electron chi connectivity index (χ1n) is 10.7. The molecule has 0 saturated heterocycles. The highest BCUT2D eigenvalue weighted by Crippen LogP contribution is 2.38. The Kier molecular flexibility index (Phi) is 8.90. The van der Waals surface area contributed by atoms with Gasteiger partial charge < -0.3 is 14.8 Å². The molecule has 3 aromatic carbocycles. The van der Waals surface area contributed by atoms with Crippen molar-refractivity contribution in [2.24, 2.45) is 0 Å². The lowest BCUT2D eigenvalue weighted by molar-refractivity contribution is -0.384. The van der Waals surface area contributed by atoms with Crippen LogP contribution in [-0.4, -0.2) is 17.4 Å². The minimum atomic E-state index is -0.601. The fourth-order valence-electron chi connectivity index (χ4n) is 3.18. The number of nitro groups is 1. The number of nitro benzene ring substituents is 1. The second-order valence-corrected chi connectivity index (χ2v) is 8.40. The molecule has 0 aromatic heterocycles. The third kappa shape index (κ3) is 6.75. The summed E-state index contributed by atoms with van der Waals surface area (Å²) in [5, 5.41) is 23.8. The zero-order chi connectivity index (χ0) is 26.2. The van der Waals surface area contributed by atoms with Crippen molar-refractivity contribution in [3.8, 4) is 17.6 Å². The van der Waals surface area contributed by atoms with Crippen LogP contribution in [0.1, 0.15) is 23.6 Å². The Hall–Kier alpha value is -4.06. The molecule has 0 spiro atoms. The minimum absolute atomic E-state index is 0.0224. The molecule has 0 unspecified atom stereocenters. The second-order valence-electron chi connectivity index (χ2n) is 7.56. The molecule has 0 heterocycles.